The molecule has 0 radical (unpaired) electrons. The molecule has 0 aliphatic heterocycles. The number of hydrogen-bond acceptors (Lipinski definition) is 4. The van der Waals surface area contributed by atoms with Gasteiger partial charge < -0.3 is 14.8 Å². The van der Waals surface area contributed by atoms with E-state index in [0.717, 1.165) is 15.7 Å². The summed E-state index contributed by atoms with van der Waals surface area (Å²) in [5, 5.41) is 11.1. The van der Waals surface area contributed by atoms with Crippen molar-refractivity contribution in [3.8, 4) is 11.3 Å². The molecule has 122 valence electrons. The Morgan fingerprint density at radius 1 is 1.35 bits per heavy atom. The van der Waals surface area contributed by atoms with E-state index in [9.17, 15) is 9.59 Å². The highest BCUT2D eigenvalue weighted by molar-refractivity contribution is 9.10. The Hall–Kier alpha value is -2.15. The highest BCUT2D eigenvalue weighted by atomic mass is 79.9. The molecule has 1 aromatic carbocycles. The third-order valence-corrected chi connectivity index (χ3v) is 3.79. The van der Waals surface area contributed by atoms with E-state index in [4.69, 9.17) is 9.52 Å². The van der Waals surface area contributed by atoms with Crippen molar-refractivity contribution in [1.82, 2.24) is 10.3 Å². The predicted octanol–water partition coefficient (Wildman–Crippen LogP) is 2.93. The number of carbonyl (C=O) groups is 2. The molecule has 1 aromatic heterocycles. The van der Waals surface area contributed by atoms with Gasteiger partial charge in [-0.2, -0.15) is 0 Å². The maximum Gasteiger partial charge on any atom is 0.325 e. The number of carboxylic acids is 1. The average Bonchev–Trinajstić information content (AvgIpc) is 2.87. The van der Waals surface area contributed by atoms with Crippen LogP contribution in [-0.4, -0.2) is 28.0 Å². The lowest BCUT2D eigenvalue weighted by Crippen LogP contribution is -2.38. The van der Waals surface area contributed by atoms with E-state index in [2.05, 4.69) is 26.2 Å². The van der Waals surface area contributed by atoms with E-state index in [1.54, 1.807) is 0 Å². The molecule has 2 rings (SSSR count). The number of hydrogen-bond donors (Lipinski definition) is 2. The highest BCUT2D eigenvalue weighted by Crippen LogP contribution is 2.26. The number of aryl methyl sites for hydroxylation is 2. The molecule has 0 bridgehead atoms. The third-order valence-electron chi connectivity index (χ3n) is 3.26. The van der Waals surface area contributed by atoms with Gasteiger partial charge in [0.25, 0.3) is 0 Å². The molecule has 0 spiro atoms. The summed E-state index contributed by atoms with van der Waals surface area (Å²) in [5.74, 6) is -0.283. The van der Waals surface area contributed by atoms with E-state index >= 15 is 0 Å². The van der Waals surface area contributed by atoms with Crippen LogP contribution in [-0.2, 0) is 16.0 Å². The van der Waals surface area contributed by atoms with Crippen LogP contribution in [0.3, 0.4) is 0 Å². The van der Waals surface area contributed by atoms with Crippen LogP contribution >= 0.6 is 15.9 Å². The summed E-state index contributed by atoms with van der Waals surface area (Å²) >= 11 is 3.38. The Kier molecular flexibility index (Phi) is 5.54. The van der Waals surface area contributed by atoms with E-state index in [0.29, 0.717) is 18.1 Å². The summed E-state index contributed by atoms with van der Waals surface area (Å²) in [6, 6.07) is 6.76. The number of benzene rings is 1. The molecule has 1 atom stereocenters. The maximum absolute atomic E-state index is 11.7. The number of oxazole rings is 1. The summed E-state index contributed by atoms with van der Waals surface area (Å²) in [6.45, 7) is 3.26. The first kappa shape index (κ1) is 17.2. The van der Waals surface area contributed by atoms with Gasteiger partial charge in [0, 0.05) is 22.9 Å². The molecule has 0 aliphatic rings. The van der Waals surface area contributed by atoms with E-state index in [1.165, 1.54) is 6.92 Å². The minimum absolute atomic E-state index is 0.122. The van der Waals surface area contributed by atoms with Gasteiger partial charge in [-0.05, 0) is 26.0 Å². The summed E-state index contributed by atoms with van der Waals surface area (Å²) < 4.78 is 6.70. The number of nitrogens with zero attached hydrogens (tertiary/aromatic N) is 1. The lowest BCUT2D eigenvalue weighted by molar-refractivity contribution is -0.141. The van der Waals surface area contributed by atoms with E-state index < -0.39 is 12.0 Å². The molecule has 7 heteroatoms. The Balaban J connectivity index is 2.00. The Labute approximate surface area is 142 Å². The number of carboxylic acid groups (broad SMARTS) is 1. The number of aliphatic carboxylic acids is 1. The first-order valence-corrected chi connectivity index (χ1v) is 7.90. The van der Waals surface area contributed by atoms with Crippen molar-refractivity contribution >= 4 is 27.8 Å². The van der Waals surface area contributed by atoms with Crippen molar-refractivity contribution in [3.63, 3.8) is 0 Å². The first-order chi connectivity index (χ1) is 10.9. The lowest BCUT2D eigenvalue weighted by Gasteiger charge is -2.07. The zero-order chi connectivity index (χ0) is 17.0. The van der Waals surface area contributed by atoms with Crippen molar-refractivity contribution in [2.45, 2.75) is 32.7 Å². The van der Waals surface area contributed by atoms with Gasteiger partial charge in [-0.25, -0.2) is 4.98 Å². The number of nitrogens with one attached hydrogen (secondary N) is 1. The normalized spacial score (nSPS) is 12.0. The number of aromatic nitrogens is 1. The monoisotopic (exact) mass is 380 g/mol. The second-order valence-electron chi connectivity index (χ2n) is 5.16. The van der Waals surface area contributed by atoms with Crippen LogP contribution in [0.5, 0.6) is 0 Å². The van der Waals surface area contributed by atoms with Crippen LogP contribution < -0.4 is 5.32 Å². The summed E-state index contributed by atoms with van der Waals surface area (Å²) in [7, 11) is 0. The van der Waals surface area contributed by atoms with Gasteiger partial charge in [-0.1, -0.05) is 28.1 Å². The van der Waals surface area contributed by atoms with Gasteiger partial charge in [0.05, 0.1) is 5.69 Å². The molecular formula is C16H17BrN2O4. The van der Waals surface area contributed by atoms with Crippen molar-refractivity contribution < 1.29 is 19.1 Å². The van der Waals surface area contributed by atoms with Crippen LogP contribution in [0.25, 0.3) is 11.3 Å². The molecule has 0 saturated heterocycles. The molecule has 0 fully saturated rings. The number of rotatable bonds is 6. The zero-order valence-electron chi connectivity index (χ0n) is 12.8. The summed E-state index contributed by atoms with van der Waals surface area (Å²) in [4.78, 5) is 26.7. The van der Waals surface area contributed by atoms with Crippen LogP contribution in [0.2, 0.25) is 0 Å². The molecular weight excluding hydrogens is 364 g/mol. The SMILES string of the molecule is Cc1nc(CCC(=O)NC(C)C(=O)O)oc1-c1ccc(Br)cc1. The molecule has 2 N–H and O–H groups in total. The molecule has 0 saturated carbocycles. The van der Waals surface area contributed by atoms with Crippen LogP contribution in [0.15, 0.2) is 33.2 Å². The Morgan fingerprint density at radius 3 is 2.61 bits per heavy atom. The van der Waals surface area contributed by atoms with Crippen molar-refractivity contribution in [2.75, 3.05) is 0 Å². The molecule has 0 aliphatic carbocycles. The molecule has 1 heterocycles. The van der Waals surface area contributed by atoms with Gasteiger partial charge >= 0.3 is 5.97 Å². The Morgan fingerprint density at radius 2 is 2.00 bits per heavy atom. The van der Waals surface area contributed by atoms with E-state index in [-0.39, 0.29) is 12.3 Å². The molecule has 1 amide bonds. The minimum atomic E-state index is -1.07. The van der Waals surface area contributed by atoms with Crippen molar-refractivity contribution in [3.05, 3.63) is 40.3 Å². The van der Waals surface area contributed by atoms with Gasteiger partial charge in [-0.15, -0.1) is 0 Å². The van der Waals surface area contributed by atoms with Crippen molar-refractivity contribution in [2.24, 2.45) is 0 Å². The molecule has 23 heavy (non-hydrogen) atoms. The van der Waals surface area contributed by atoms with Crippen LogP contribution in [0.1, 0.15) is 24.9 Å². The van der Waals surface area contributed by atoms with Gasteiger partial charge in [-0.3, -0.25) is 9.59 Å². The summed E-state index contributed by atoms with van der Waals surface area (Å²) in [5.41, 5.74) is 1.66. The fourth-order valence-corrected chi connectivity index (χ4v) is 2.29. The van der Waals surface area contributed by atoms with Crippen molar-refractivity contribution in [1.29, 1.82) is 0 Å². The molecule has 1 unspecified atom stereocenters. The molecule has 2 aromatic rings. The number of halogens is 1. The topological polar surface area (TPSA) is 92.4 Å². The largest absolute Gasteiger partial charge is 0.480 e. The standard InChI is InChI=1S/C16H17BrN2O4/c1-9-15(11-3-5-12(17)6-4-11)23-14(19-9)8-7-13(20)18-10(2)16(21)22/h3-6,10H,7-8H2,1-2H3,(H,18,20)(H,21,22). The van der Waals surface area contributed by atoms with Crippen LogP contribution in [0, 0.1) is 6.92 Å². The quantitative estimate of drug-likeness (QED) is 0.803. The van der Waals surface area contributed by atoms with Crippen LogP contribution in [0.4, 0.5) is 0 Å². The third kappa shape index (κ3) is 4.66. The minimum Gasteiger partial charge on any atom is -0.480 e. The smallest absolute Gasteiger partial charge is 0.325 e. The Bertz CT molecular complexity index is 709. The summed E-state index contributed by atoms with van der Waals surface area (Å²) in [6.07, 6.45) is 0.437. The average molecular weight is 381 g/mol. The number of carbonyl (C=O) groups excluding carboxylic acids is 1. The molecule has 6 nitrogen and oxygen atoms in total. The first-order valence-electron chi connectivity index (χ1n) is 7.11. The van der Waals surface area contributed by atoms with E-state index in [1.807, 2.05) is 31.2 Å². The fraction of sp³-hybridized carbons (Fsp3) is 0.312. The van der Waals surface area contributed by atoms with Gasteiger partial charge in [0.1, 0.15) is 6.04 Å². The number of amides is 1. The highest BCUT2D eigenvalue weighted by Gasteiger charge is 2.16. The predicted molar refractivity (Wildman–Crippen MR) is 87.9 cm³/mol. The lowest BCUT2D eigenvalue weighted by atomic mass is 10.1. The van der Waals surface area contributed by atoms with Gasteiger partial charge in [0.15, 0.2) is 11.7 Å². The maximum atomic E-state index is 11.7. The second kappa shape index (κ2) is 7.41. The second-order valence-corrected chi connectivity index (χ2v) is 6.07. The zero-order valence-corrected chi connectivity index (χ0v) is 14.4. The van der Waals surface area contributed by atoms with Gasteiger partial charge in [0.2, 0.25) is 5.91 Å². The fourth-order valence-electron chi connectivity index (χ4n) is 2.02.